The predicted molar refractivity (Wildman–Crippen MR) is 66.8 cm³/mol. The number of hydrogen-bond donors (Lipinski definition) is 1. The number of aliphatic carboxylic acids is 1. The lowest BCUT2D eigenvalue weighted by Gasteiger charge is -2.28. The Morgan fingerprint density at radius 3 is 2.69 bits per heavy atom. The molecule has 1 rings (SSSR count). The number of nitrogens with zero attached hydrogens (tertiary/aromatic N) is 1. The molecule has 0 spiro atoms. The van der Waals surface area contributed by atoms with Crippen LogP contribution in [-0.4, -0.2) is 29.1 Å². The van der Waals surface area contributed by atoms with Gasteiger partial charge in [-0.15, -0.1) is 0 Å². The second-order valence-electron chi connectivity index (χ2n) is 4.06. The monoisotopic (exact) mass is 241 g/mol. The van der Waals surface area contributed by atoms with Crippen LogP contribution in [0.2, 0.25) is 0 Å². The molecular weight excluding hydrogens is 222 g/mol. The molecule has 1 aromatic rings. The van der Waals surface area contributed by atoms with Gasteiger partial charge in [0.25, 0.3) is 0 Å². The number of carboxylic acids is 1. The van der Waals surface area contributed by atoms with Gasteiger partial charge < -0.3 is 5.11 Å². The highest BCUT2D eigenvalue weighted by Crippen LogP contribution is 2.23. The van der Waals surface area contributed by atoms with Crippen molar-refractivity contribution >= 4 is 17.3 Å². The summed E-state index contributed by atoms with van der Waals surface area (Å²) in [6.45, 7) is 7.42. The van der Waals surface area contributed by atoms with Gasteiger partial charge >= 0.3 is 5.97 Å². The topological polar surface area (TPSA) is 40.5 Å². The Morgan fingerprint density at radius 1 is 1.56 bits per heavy atom. The van der Waals surface area contributed by atoms with E-state index in [2.05, 4.69) is 35.6 Å². The van der Waals surface area contributed by atoms with Crippen molar-refractivity contribution in [1.29, 1.82) is 0 Å². The molecule has 0 saturated heterocycles. The van der Waals surface area contributed by atoms with E-state index in [9.17, 15) is 4.79 Å². The van der Waals surface area contributed by atoms with E-state index in [0.717, 1.165) is 6.54 Å². The van der Waals surface area contributed by atoms with Crippen LogP contribution in [0.15, 0.2) is 16.8 Å². The van der Waals surface area contributed by atoms with E-state index in [1.165, 1.54) is 5.56 Å². The summed E-state index contributed by atoms with van der Waals surface area (Å²) in [5.74, 6) is -1.04. The van der Waals surface area contributed by atoms with E-state index in [1.54, 1.807) is 18.3 Å². The fraction of sp³-hybridized carbons (Fsp3) is 0.583. The van der Waals surface area contributed by atoms with Crippen LogP contribution in [0, 0.1) is 5.92 Å². The number of carboxylic acid groups (broad SMARTS) is 1. The van der Waals surface area contributed by atoms with Crippen LogP contribution in [-0.2, 0) is 4.79 Å². The van der Waals surface area contributed by atoms with Gasteiger partial charge in [-0.25, -0.2) is 0 Å². The van der Waals surface area contributed by atoms with Crippen molar-refractivity contribution in [3.8, 4) is 0 Å². The zero-order valence-corrected chi connectivity index (χ0v) is 10.8. The second-order valence-corrected chi connectivity index (χ2v) is 4.84. The van der Waals surface area contributed by atoms with Crippen molar-refractivity contribution in [2.75, 3.05) is 13.1 Å². The highest BCUT2D eigenvalue weighted by Gasteiger charge is 2.20. The Labute approximate surface area is 101 Å². The highest BCUT2D eigenvalue weighted by atomic mass is 32.1. The number of carbonyl (C=O) groups is 1. The fourth-order valence-electron chi connectivity index (χ4n) is 1.71. The number of hydrogen-bond acceptors (Lipinski definition) is 3. The smallest absolute Gasteiger partial charge is 0.307 e. The van der Waals surface area contributed by atoms with Crippen LogP contribution in [0.25, 0.3) is 0 Å². The summed E-state index contributed by atoms with van der Waals surface area (Å²) in [6, 6.07) is 2.39. The van der Waals surface area contributed by atoms with Gasteiger partial charge in [0, 0.05) is 12.6 Å². The Hall–Kier alpha value is -0.870. The largest absolute Gasteiger partial charge is 0.481 e. The van der Waals surface area contributed by atoms with Crippen molar-refractivity contribution in [3.63, 3.8) is 0 Å². The zero-order valence-electron chi connectivity index (χ0n) is 10.0. The molecule has 4 heteroatoms. The second kappa shape index (κ2) is 6.01. The summed E-state index contributed by atoms with van der Waals surface area (Å²) < 4.78 is 0. The van der Waals surface area contributed by atoms with Crippen molar-refractivity contribution in [3.05, 3.63) is 22.4 Å². The van der Waals surface area contributed by atoms with Crippen LogP contribution >= 0.6 is 11.3 Å². The standard InChI is InChI=1S/C12H19NO2S/c1-4-13(7-9(2)12(14)15)10(3)11-5-6-16-8-11/h5-6,8-10H,4,7H2,1-3H3,(H,14,15). The van der Waals surface area contributed by atoms with E-state index in [-0.39, 0.29) is 12.0 Å². The highest BCUT2D eigenvalue weighted by molar-refractivity contribution is 7.07. The van der Waals surface area contributed by atoms with E-state index in [0.29, 0.717) is 6.54 Å². The van der Waals surface area contributed by atoms with Crippen LogP contribution in [0.5, 0.6) is 0 Å². The molecule has 0 aliphatic rings. The van der Waals surface area contributed by atoms with E-state index < -0.39 is 5.97 Å². The lowest BCUT2D eigenvalue weighted by atomic mass is 10.1. The summed E-state index contributed by atoms with van der Waals surface area (Å²) in [5.41, 5.74) is 1.27. The maximum Gasteiger partial charge on any atom is 0.307 e. The molecule has 2 unspecified atom stereocenters. The predicted octanol–water partition coefficient (Wildman–Crippen LogP) is 2.85. The molecule has 0 aromatic carbocycles. The van der Waals surface area contributed by atoms with Gasteiger partial charge in [-0.2, -0.15) is 11.3 Å². The molecule has 0 radical (unpaired) electrons. The molecule has 0 aliphatic carbocycles. The minimum absolute atomic E-state index is 0.290. The van der Waals surface area contributed by atoms with Crippen molar-refractivity contribution < 1.29 is 9.90 Å². The first kappa shape index (κ1) is 13.2. The molecule has 0 fully saturated rings. The first-order valence-electron chi connectivity index (χ1n) is 5.55. The molecule has 1 N–H and O–H groups in total. The van der Waals surface area contributed by atoms with Crippen molar-refractivity contribution in [2.24, 2.45) is 5.92 Å². The summed E-state index contributed by atoms with van der Waals surface area (Å²) in [7, 11) is 0. The SMILES string of the molecule is CCN(CC(C)C(=O)O)C(C)c1ccsc1. The molecule has 0 amide bonds. The molecule has 16 heavy (non-hydrogen) atoms. The van der Waals surface area contributed by atoms with Gasteiger partial charge in [0.2, 0.25) is 0 Å². The average molecular weight is 241 g/mol. The lowest BCUT2D eigenvalue weighted by Crippen LogP contribution is -2.33. The number of rotatable bonds is 6. The summed E-state index contributed by atoms with van der Waals surface area (Å²) >= 11 is 1.68. The molecule has 0 aliphatic heterocycles. The van der Waals surface area contributed by atoms with Gasteiger partial charge in [0.05, 0.1) is 5.92 Å². The Morgan fingerprint density at radius 2 is 2.25 bits per heavy atom. The third-order valence-electron chi connectivity index (χ3n) is 2.91. The Kier molecular flexibility index (Phi) is 4.96. The third-order valence-corrected chi connectivity index (χ3v) is 3.61. The lowest BCUT2D eigenvalue weighted by molar-refractivity contribution is -0.141. The quantitative estimate of drug-likeness (QED) is 0.832. The molecular formula is C12H19NO2S. The van der Waals surface area contributed by atoms with Crippen LogP contribution in [0.1, 0.15) is 32.4 Å². The van der Waals surface area contributed by atoms with Crippen LogP contribution < -0.4 is 0 Å². The molecule has 90 valence electrons. The van der Waals surface area contributed by atoms with Crippen LogP contribution in [0.3, 0.4) is 0 Å². The van der Waals surface area contributed by atoms with Gasteiger partial charge in [0.1, 0.15) is 0 Å². The molecule has 1 heterocycles. The van der Waals surface area contributed by atoms with E-state index >= 15 is 0 Å². The Bertz CT molecular complexity index is 324. The molecule has 1 aromatic heterocycles. The van der Waals surface area contributed by atoms with Gasteiger partial charge in [0.15, 0.2) is 0 Å². The van der Waals surface area contributed by atoms with Crippen molar-refractivity contribution in [1.82, 2.24) is 4.90 Å². The van der Waals surface area contributed by atoms with Gasteiger partial charge in [-0.05, 0) is 35.9 Å². The first-order chi connectivity index (χ1) is 7.56. The molecule has 3 nitrogen and oxygen atoms in total. The summed E-state index contributed by atoms with van der Waals surface area (Å²) in [6.07, 6.45) is 0. The molecule has 0 bridgehead atoms. The van der Waals surface area contributed by atoms with E-state index in [4.69, 9.17) is 5.11 Å². The minimum atomic E-state index is -0.726. The Balaban J connectivity index is 2.64. The molecule has 2 atom stereocenters. The minimum Gasteiger partial charge on any atom is -0.481 e. The van der Waals surface area contributed by atoms with Crippen LogP contribution in [0.4, 0.5) is 0 Å². The summed E-state index contributed by atoms with van der Waals surface area (Å²) in [5, 5.41) is 13.1. The normalized spacial score (nSPS) is 15.0. The molecule has 0 saturated carbocycles. The maximum atomic E-state index is 10.8. The summed E-state index contributed by atoms with van der Waals surface area (Å²) in [4.78, 5) is 13.0. The maximum absolute atomic E-state index is 10.8. The van der Waals surface area contributed by atoms with Crippen molar-refractivity contribution in [2.45, 2.75) is 26.8 Å². The average Bonchev–Trinajstić information content (AvgIpc) is 2.77. The fourth-order valence-corrected chi connectivity index (χ4v) is 2.46. The van der Waals surface area contributed by atoms with E-state index in [1.807, 2.05) is 0 Å². The van der Waals surface area contributed by atoms with Gasteiger partial charge in [-0.1, -0.05) is 13.8 Å². The first-order valence-corrected chi connectivity index (χ1v) is 6.49. The zero-order chi connectivity index (χ0) is 12.1. The van der Waals surface area contributed by atoms with Gasteiger partial charge in [-0.3, -0.25) is 9.69 Å². The third kappa shape index (κ3) is 3.32. The number of thiophene rings is 1.